The van der Waals surface area contributed by atoms with E-state index in [2.05, 4.69) is 16.8 Å². The molecular formula is C21H25Cl2N3O2. The molecule has 3 heterocycles. The van der Waals surface area contributed by atoms with Gasteiger partial charge in [0, 0.05) is 25.2 Å². The third-order valence-corrected chi connectivity index (χ3v) is 7.06. The Morgan fingerprint density at radius 2 is 1.89 bits per heavy atom. The number of unbranched alkanes of at least 4 members (excludes halogenated alkanes) is 1. The number of urea groups is 1. The highest BCUT2D eigenvalue weighted by Crippen LogP contribution is 2.44. The van der Waals surface area contributed by atoms with Crippen molar-refractivity contribution in [3.63, 3.8) is 0 Å². The fourth-order valence-electron chi connectivity index (χ4n) is 5.00. The van der Waals surface area contributed by atoms with Crippen LogP contribution in [0.1, 0.15) is 44.1 Å². The van der Waals surface area contributed by atoms with Crippen molar-refractivity contribution in [2.24, 2.45) is 0 Å². The molecule has 1 aromatic carbocycles. The van der Waals surface area contributed by atoms with Crippen molar-refractivity contribution < 1.29 is 9.59 Å². The maximum atomic E-state index is 13.1. The Hall–Kier alpha value is -1.56. The number of hydrogen-bond acceptors (Lipinski definition) is 3. The lowest BCUT2D eigenvalue weighted by Crippen LogP contribution is -2.58. The number of halogens is 2. The number of imide groups is 1. The Balaban J connectivity index is 1.47. The molecule has 150 valence electrons. The summed E-state index contributed by atoms with van der Waals surface area (Å²) in [4.78, 5) is 29.4. The lowest BCUT2D eigenvalue weighted by molar-refractivity contribution is -0.134. The van der Waals surface area contributed by atoms with Gasteiger partial charge in [-0.3, -0.25) is 14.6 Å². The summed E-state index contributed by atoms with van der Waals surface area (Å²) in [5.41, 5.74) is 0.390. The molecule has 4 rings (SSSR count). The molecule has 3 fully saturated rings. The number of nitrogens with zero attached hydrogens (tertiary/aromatic N) is 2. The molecule has 1 N–H and O–H groups in total. The quantitative estimate of drug-likeness (QED) is 0.421. The number of amides is 3. The summed E-state index contributed by atoms with van der Waals surface area (Å²) in [6.07, 6.45) is 6.82. The third kappa shape index (κ3) is 3.44. The second-order valence-electron chi connectivity index (χ2n) is 8.11. The predicted octanol–water partition coefficient (Wildman–Crippen LogP) is 4.38. The van der Waals surface area contributed by atoms with Crippen molar-refractivity contribution in [3.8, 4) is 0 Å². The van der Waals surface area contributed by atoms with Crippen LogP contribution in [-0.4, -0.2) is 45.9 Å². The minimum Gasteiger partial charge on any atom is -0.323 e. The molecule has 1 spiro atoms. The molecule has 3 saturated heterocycles. The fraction of sp³-hybridized carbons (Fsp3) is 0.524. The van der Waals surface area contributed by atoms with E-state index in [1.54, 1.807) is 0 Å². The highest BCUT2D eigenvalue weighted by Gasteiger charge is 2.58. The lowest BCUT2D eigenvalue weighted by atomic mass is 9.82. The van der Waals surface area contributed by atoms with Gasteiger partial charge in [0.05, 0.1) is 10.0 Å². The van der Waals surface area contributed by atoms with Crippen LogP contribution in [0.3, 0.4) is 0 Å². The number of rotatable bonds is 6. The SMILES string of the molecule is C=CCCCN1C(=O)NC2(CC3CCC(C2)N3Cc2ccc(Cl)c(Cl)c2)C1=O. The molecule has 3 amide bonds. The first kappa shape index (κ1) is 19.7. The Labute approximate surface area is 175 Å². The van der Waals surface area contributed by atoms with Crippen LogP contribution in [0.25, 0.3) is 0 Å². The average Bonchev–Trinajstić information content (AvgIpc) is 3.02. The number of hydrogen-bond donors (Lipinski definition) is 1. The fourth-order valence-corrected chi connectivity index (χ4v) is 5.32. The van der Waals surface area contributed by atoms with Crippen LogP contribution < -0.4 is 5.32 Å². The van der Waals surface area contributed by atoms with Crippen molar-refractivity contribution in [2.75, 3.05) is 6.54 Å². The number of carbonyl (C=O) groups is 2. The molecule has 2 bridgehead atoms. The number of piperidine rings is 1. The normalized spacial score (nSPS) is 29.6. The first-order valence-electron chi connectivity index (χ1n) is 9.88. The molecule has 3 aliphatic heterocycles. The molecule has 0 aromatic heterocycles. The molecule has 7 heteroatoms. The van der Waals surface area contributed by atoms with Crippen LogP contribution in [0.15, 0.2) is 30.9 Å². The molecule has 2 atom stereocenters. The second kappa shape index (κ2) is 7.69. The van der Waals surface area contributed by atoms with Crippen LogP contribution in [0.4, 0.5) is 4.79 Å². The van der Waals surface area contributed by atoms with E-state index in [4.69, 9.17) is 23.2 Å². The van der Waals surface area contributed by atoms with Gasteiger partial charge in [-0.15, -0.1) is 6.58 Å². The van der Waals surface area contributed by atoms with Gasteiger partial charge in [-0.05, 0) is 56.2 Å². The van der Waals surface area contributed by atoms with E-state index in [0.29, 0.717) is 29.4 Å². The maximum absolute atomic E-state index is 13.1. The molecule has 1 aromatic rings. The number of carbonyl (C=O) groups excluding carboxylic acids is 2. The smallest absolute Gasteiger partial charge is 0.323 e. The lowest BCUT2D eigenvalue weighted by Gasteiger charge is -2.43. The highest BCUT2D eigenvalue weighted by atomic mass is 35.5. The van der Waals surface area contributed by atoms with Crippen molar-refractivity contribution in [2.45, 2.75) is 62.7 Å². The predicted molar refractivity (Wildman–Crippen MR) is 110 cm³/mol. The van der Waals surface area contributed by atoms with Crippen molar-refractivity contribution >= 4 is 35.1 Å². The maximum Gasteiger partial charge on any atom is 0.325 e. The van der Waals surface area contributed by atoms with Crippen molar-refractivity contribution in [1.82, 2.24) is 15.1 Å². The largest absolute Gasteiger partial charge is 0.325 e. The summed E-state index contributed by atoms with van der Waals surface area (Å²) in [7, 11) is 0. The molecular weight excluding hydrogens is 397 g/mol. The molecule has 3 aliphatic rings. The Kier molecular flexibility index (Phi) is 5.43. The third-order valence-electron chi connectivity index (χ3n) is 6.32. The van der Waals surface area contributed by atoms with Gasteiger partial charge < -0.3 is 5.32 Å². The van der Waals surface area contributed by atoms with E-state index in [1.165, 1.54) is 4.90 Å². The van der Waals surface area contributed by atoms with Crippen molar-refractivity contribution in [3.05, 3.63) is 46.5 Å². The molecule has 0 aliphatic carbocycles. The number of nitrogens with one attached hydrogen (secondary N) is 1. The zero-order valence-corrected chi connectivity index (χ0v) is 17.3. The Morgan fingerprint density at radius 3 is 2.54 bits per heavy atom. The number of benzene rings is 1. The van der Waals surface area contributed by atoms with E-state index in [9.17, 15) is 9.59 Å². The second-order valence-corrected chi connectivity index (χ2v) is 8.93. The molecule has 0 saturated carbocycles. The highest BCUT2D eigenvalue weighted by molar-refractivity contribution is 6.42. The summed E-state index contributed by atoms with van der Waals surface area (Å²) < 4.78 is 0. The van der Waals surface area contributed by atoms with Gasteiger partial charge in [0.1, 0.15) is 5.54 Å². The van der Waals surface area contributed by atoms with Gasteiger partial charge in [-0.25, -0.2) is 4.79 Å². The minimum absolute atomic E-state index is 0.0485. The topological polar surface area (TPSA) is 52.7 Å². The zero-order chi connectivity index (χ0) is 19.9. The van der Waals surface area contributed by atoms with Gasteiger partial charge in [0.15, 0.2) is 0 Å². The monoisotopic (exact) mass is 421 g/mol. The van der Waals surface area contributed by atoms with Gasteiger partial charge in [-0.1, -0.05) is 35.3 Å². The molecule has 2 unspecified atom stereocenters. The van der Waals surface area contributed by atoms with E-state index in [0.717, 1.165) is 37.8 Å². The van der Waals surface area contributed by atoms with E-state index in [-0.39, 0.29) is 24.0 Å². The van der Waals surface area contributed by atoms with Gasteiger partial charge in [0.2, 0.25) is 0 Å². The Morgan fingerprint density at radius 1 is 1.18 bits per heavy atom. The van der Waals surface area contributed by atoms with E-state index in [1.807, 2.05) is 24.3 Å². The zero-order valence-electron chi connectivity index (χ0n) is 15.8. The van der Waals surface area contributed by atoms with Crippen LogP contribution in [0.5, 0.6) is 0 Å². The van der Waals surface area contributed by atoms with Crippen LogP contribution in [0.2, 0.25) is 10.0 Å². The molecule has 0 radical (unpaired) electrons. The van der Waals surface area contributed by atoms with Gasteiger partial charge in [-0.2, -0.15) is 0 Å². The standard InChI is InChI=1S/C21H25Cl2N3O2/c1-2-3-4-9-25-19(27)21(24-20(25)28)11-15-6-7-16(12-21)26(15)13-14-5-8-17(22)18(23)10-14/h2,5,8,10,15-16H,1,3-4,6-7,9,11-13H2,(H,24,28). The van der Waals surface area contributed by atoms with Gasteiger partial charge >= 0.3 is 6.03 Å². The minimum atomic E-state index is -0.731. The van der Waals surface area contributed by atoms with Gasteiger partial charge in [0.25, 0.3) is 5.91 Å². The molecule has 28 heavy (non-hydrogen) atoms. The average molecular weight is 422 g/mol. The Bertz CT molecular complexity index is 799. The first-order valence-corrected chi connectivity index (χ1v) is 10.6. The molecule has 5 nitrogen and oxygen atoms in total. The van der Waals surface area contributed by atoms with Crippen LogP contribution in [-0.2, 0) is 11.3 Å². The summed E-state index contributed by atoms with van der Waals surface area (Å²) in [6, 6.07) is 6.07. The first-order chi connectivity index (χ1) is 13.4. The summed E-state index contributed by atoms with van der Waals surface area (Å²) in [5.74, 6) is -0.0485. The van der Waals surface area contributed by atoms with E-state index < -0.39 is 5.54 Å². The number of fused-ring (bicyclic) bond motifs is 2. The van der Waals surface area contributed by atoms with Crippen LogP contribution in [0, 0.1) is 0 Å². The van der Waals surface area contributed by atoms with E-state index >= 15 is 0 Å². The van der Waals surface area contributed by atoms with Crippen LogP contribution >= 0.6 is 23.2 Å². The van der Waals surface area contributed by atoms with Crippen molar-refractivity contribution in [1.29, 1.82) is 0 Å². The summed E-state index contributed by atoms with van der Waals surface area (Å²) in [5, 5.41) is 4.16. The number of allylic oxidation sites excluding steroid dienone is 1. The summed E-state index contributed by atoms with van der Waals surface area (Å²) >= 11 is 12.2. The summed E-state index contributed by atoms with van der Waals surface area (Å²) in [6.45, 7) is 4.95.